The molecule has 0 bridgehead atoms. The fourth-order valence-corrected chi connectivity index (χ4v) is 3.32. The highest BCUT2D eigenvalue weighted by molar-refractivity contribution is 5.74. The normalized spacial score (nSPS) is 14.6. The highest BCUT2D eigenvalue weighted by Crippen LogP contribution is 2.25. The number of carbonyl (C=O) groups excluding carboxylic acids is 1. The lowest BCUT2D eigenvalue weighted by Gasteiger charge is -2.37. The highest BCUT2D eigenvalue weighted by atomic mass is 16.2. The second-order valence-corrected chi connectivity index (χ2v) is 6.36. The lowest BCUT2D eigenvalue weighted by atomic mass is 10.1. The van der Waals surface area contributed by atoms with Gasteiger partial charge in [0.05, 0.1) is 0 Å². The van der Waals surface area contributed by atoms with Crippen LogP contribution in [-0.4, -0.2) is 37.1 Å². The minimum absolute atomic E-state index is 0.0278. The van der Waals surface area contributed by atoms with E-state index in [4.69, 9.17) is 0 Å². The molecule has 2 aromatic rings. The maximum absolute atomic E-state index is 12.3. The van der Waals surface area contributed by atoms with E-state index in [1.54, 1.807) is 0 Å². The molecule has 1 aliphatic rings. The molecule has 3 rings (SSSR count). The maximum Gasteiger partial charge on any atom is 0.317 e. The first kappa shape index (κ1) is 16.4. The zero-order valence-electron chi connectivity index (χ0n) is 14.5. The van der Waals surface area contributed by atoms with E-state index >= 15 is 0 Å². The Balaban J connectivity index is 1.54. The van der Waals surface area contributed by atoms with Gasteiger partial charge in [0.25, 0.3) is 0 Å². The van der Waals surface area contributed by atoms with Gasteiger partial charge in [0.2, 0.25) is 0 Å². The Morgan fingerprint density at radius 1 is 0.917 bits per heavy atom. The second-order valence-electron chi connectivity index (χ2n) is 6.36. The molecule has 1 aliphatic heterocycles. The topological polar surface area (TPSA) is 35.6 Å². The number of rotatable bonds is 3. The Kier molecular flexibility index (Phi) is 5.04. The molecular weight excluding hydrogens is 298 g/mol. The summed E-state index contributed by atoms with van der Waals surface area (Å²) in [5.74, 6) is 0. The van der Waals surface area contributed by atoms with Crippen molar-refractivity contribution in [3.63, 3.8) is 0 Å². The number of piperazine rings is 1. The fraction of sp³-hybridized carbons (Fsp3) is 0.350. The number of amides is 2. The minimum Gasteiger partial charge on any atom is -0.368 e. The Hall–Kier alpha value is -2.49. The van der Waals surface area contributed by atoms with Crippen LogP contribution in [0.5, 0.6) is 0 Å². The first-order valence-corrected chi connectivity index (χ1v) is 8.53. The standard InChI is InChI=1S/C20H25N3O/c1-16-7-6-8-17(2)19(16)22-11-13-23(14-12-22)20(24)21-15-18-9-4-3-5-10-18/h3-10H,11-15H2,1-2H3,(H,21,24). The molecule has 4 nitrogen and oxygen atoms in total. The maximum atomic E-state index is 12.3. The molecule has 0 spiro atoms. The smallest absolute Gasteiger partial charge is 0.317 e. The number of para-hydroxylation sites is 1. The predicted octanol–water partition coefficient (Wildman–Crippen LogP) is 3.34. The van der Waals surface area contributed by atoms with Gasteiger partial charge in [-0.1, -0.05) is 48.5 Å². The lowest BCUT2D eigenvalue weighted by molar-refractivity contribution is 0.194. The van der Waals surface area contributed by atoms with Crippen molar-refractivity contribution in [2.24, 2.45) is 0 Å². The molecule has 1 fully saturated rings. The summed E-state index contributed by atoms with van der Waals surface area (Å²) in [6, 6.07) is 16.5. The van der Waals surface area contributed by atoms with Crippen molar-refractivity contribution in [3.8, 4) is 0 Å². The number of aryl methyl sites for hydroxylation is 2. The summed E-state index contributed by atoms with van der Waals surface area (Å²) in [4.78, 5) is 16.6. The molecule has 1 heterocycles. The van der Waals surface area contributed by atoms with Crippen molar-refractivity contribution in [1.29, 1.82) is 0 Å². The number of carbonyl (C=O) groups is 1. The van der Waals surface area contributed by atoms with Crippen molar-refractivity contribution in [2.45, 2.75) is 20.4 Å². The number of anilines is 1. The van der Waals surface area contributed by atoms with Crippen molar-refractivity contribution in [2.75, 3.05) is 31.1 Å². The molecule has 1 saturated heterocycles. The molecular formula is C20H25N3O. The number of hydrogen-bond donors (Lipinski definition) is 1. The number of hydrogen-bond acceptors (Lipinski definition) is 2. The first-order chi connectivity index (χ1) is 11.6. The van der Waals surface area contributed by atoms with Gasteiger partial charge in [-0.2, -0.15) is 0 Å². The second kappa shape index (κ2) is 7.39. The van der Waals surface area contributed by atoms with Gasteiger partial charge in [-0.3, -0.25) is 0 Å². The van der Waals surface area contributed by atoms with Gasteiger partial charge in [0.1, 0.15) is 0 Å². The van der Waals surface area contributed by atoms with Crippen LogP contribution in [0.15, 0.2) is 48.5 Å². The third-order valence-electron chi connectivity index (χ3n) is 4.61. The van der Waals surface area contributed by atoms with Crippen molar-refractivity contribution in [3.05, 3.63) is 65.2 Å². The van der Waals surface area contributed by atoms with Gasteiger partial charge in [-0.05, 0) is 30.5 Å². The average Bonchev–Trinajstić information content (AvgIpc) is 2.61. The minimum atomic E-state index is 0.0278. The van der Waals surface area contributed by atoms with Gasteiger partial charge >= 0.3 is 6.03 Å². The summed E-state index contributed by atoms with van der Waals surface area (Å²) >= 11 is 0. The summed E-state index contributed by atoms with van der Waals surface area (Å²) in [6.07, 6.45) is 0. The third kappa shape index (κ3) is 3.70. The van der Waals surface area contributed by atoms with Gasteiger partial charge in [-0.15, -0.1) is 0 Å². The third-order valence-corrected chi connectivity index (χ3v) is 4.61. The Morgan fingerprint density at radius 2 is 1.54 bits per heavy atom. The molecule has 4 heteroatoms. The zero-order valence-corrected chi connectivity index (χ0v) is 14.5. The van der Waals surface area contributed by atoms with Crippen LogP contribution in [0.2, 0.25) is 0 Å². The molecule has 126 valence electrons. The number of benzene rings is 2. The molecule has 2 aromatic carbocycles. The van der Waals surface area contributed by atoms with E-state index in [1.807, 2.05) is 35.2 Å². The van der Waals surface area contributed by atoms with Crippen molar-refractivity contribution >= 4 is 11.7 Å². The van der Waals surface area contributed by atoms with Crippen LogP contribution in [0.3, 0.4) is 0 Å². The van der Waals surface area contributed by atoms with E-state index < -0.39 is 0 Å². The Labute approximate surface area is 144 Å². The molecule has 24 heavy (non-hydrogen) atoms. The van der Waals surface area contributed by atoms with E-state index in [9.17, 15) is 4.79 Å². The Bertz CT molecular complexity index is 671. The van der Waals surface area contributed by atoms with E-state index in [2.05, 4.69) is 42.3 Å². The number of nitrogens with zero attached hydrogens (tertiary/aromatic N) is 2. The Morgan fingerprint density at radius 3 is 2.17 bits per heavy atom. The average molecular weight is 323 g/mol. The first-order valence-electron chi connectivity index (χ1n) is 8.53. The van der Waals surface area contributed by atoms with Crippen molar-refractivity contribution in [1.82, 2.24) is 10.2 Å². The van der Waals surface area contributed by atoms with Crippen LogP contribution >= 0.6 is 0 Å². The van der Waals surface area contributed by atoms with Gasteiger partial charge in [0.15, 0.2) is 0 Å². The summed E-state index contributed by atoms with van der Waals surface area (Å²) in [7, 11) is 0. The molecule has 0 radical (unpaired) electrons. The van der Waals surface area contributed by atoms with E-state index in [0.29, 0.717) is 6.54 Å². The van der Waals surface area contributed by atoms with E-state index in [0.717, 1.165) is 31.7 Å². The molecule has 0 atom stereocenters. The van der Waals surface area contributed by atoms with Gasteiger partial charge in [-0.25, -0.2) is 4.79 Å². The monoisotopic (exact) mass is 323 g/mol. The van der Waals surface area contributed by atoms with Crippen LogP contribution in [0.1, 0.15) is 16.7 Å². The van der Waals surface area contributed by atoms with Crippen LogP contribution in [0.25, 0.3) is 0 Å². The largest absolute Gasteiger partial charge is 0.368 e. The molecule has 1 N–H and O–H groups in total. The highest BCUT2D eigenvalue weighted by Gasteiger charge is 2.22. The van der Waals surface area contributed by atoms with Crippen LogP contribution in [0.4, 0.5) is 10.5 Å². The summed E-state index contributed by atoms with van der Waals surface area (Å²) in [5.41, 5.74) is 5.05. The number of urea groups is 1. The van der Waals surface area contributed by atoms with Crippen molar-refractivity contribution < 1.29 is 4.79 Å². The van der Waals surface area contributed by atoms with Gasteiger partial charge < -0.3 is 15.1 Å². The van der Waals surface area contributed by atoms with Crippen LogP contribution in [0, 0.1) is 13.8 Å². The molecule has 0 aromatic heterocycles. The fourth-order valence-electron chi connectivity index (χ4n) is 3.32. The zero-order chi connectivity index (χ0) is 16.9. The molecule has 2 amide bonds. The quantitative estimate of drug-likeness (QED) is 0.940. The van der Waals surface area contributed by atoms with Gasteiger partial charge in [0, 0.05) is 38.4 Å². The molecule has 0 saturated carbocycles. The van der Waals surface area contributed by atoms with E-state index in [1.165, 1.54) is 16.8 Å². The van der Waals surface area contributed by atoms with Crippen LogP contribution in [-0.2, 0) is 6.54 Å². The molecule has 0 unspecified atom stereocenters. The van der Waals surface area contributed by atoms with Crippen LogP contribution < -0.4 is 10.2 Å². The summed E-state index contributed by atoms with van der Waals surface area (Å²) in [5, 5.41) is 3.01. The van der Waals surface area contributed by atoms with E-state index in [-0.39, 0.29) is 6.03 Å². The predicted molar refractivity (Wildman–Crippen MR) is 98.4 cm³/mol. The SMILES string of the molecule is Cc1cccc(C)c1N1CCN(C(=O)NCc2ccccc2)CC1. The number of nitrogens with one attached hydrogen (secondary N) is 1. The molecule has 0 aliphatic carbocycles. The lowest BCUT2D eigenvalue weighted by Crippen LogP contribution is -2.52. The summed E-state index contributed by atoms with van der Waals surface area (Å²) < 4.78 is 0. The summed E-state index contributed by atoms with van der Waals surface area (Å²) in [6.45, 7) is 8.16.